The van der Waals surface area contributed by atoms with Gasteiger partial charge in [0.2, 0.25) is 23.6 Å². The average molecular weight is 591 g/mol. The van der Waals surface area contributed by atoms with E-state index in [1.807, 2.05) is 65.0 Å². The molecule has 42 heavy (non-hydrogen) atoms. The minimum atomic E-state index is -1.14. The molecule has 6 N–H and O–H groups in total. The molecule has 0 spiro atoms. The number of amides is 4. The Bertz CT molecular complexity index is 1000. The SMILES string of the molecule is CCC[C@H](NC(=O)[C@@H](NC(=O)CCCC(=O)O)[C@@H](C)CC)C(=O)N[C@@H](CC(C)C)[C@@H](O)CC(=O)NCc1ccccc1. The van der Waals surface area contributed by atoms with Crippen molar-refractivity contribution in [2.24, 2.45) is 11.8 Å². The Hall–Kier alpha value is -3.47. The van der Waals surface area contributed by atoms with Gasteiger partial charge in [0.05, 0.1) is 18.6 Å². The summed E-state index contributed by atoms with van der Waals surface area (Å²) in [4.78, 5) is 62.4. The summed E-state index contributed by atoms with van der Waals surface area (Å²) in [6.07, 6.45) is 0.583. The molecule has 0 aromatic heterocycles. The van der Waals surface area contributed by atoms with Gasteiger partial charge in [-0.15, -0.1) is 0 Å². The number of hydrogen-bond acceptors (Lipinski definition) is 6. The summed E-state index contributed by atoms with van der Waals surface area (Å²) >= 11 is 0. The van der Waals surface area contributed by atoms with Gasteiger partial charge in [-0.25, -0.2) is 0 Å². The third-order valence-corrected chi connectivity index (χ3v) is 7.06. The van der Waals surface area contributed by atoms with Crippen LogP contribution in [0.25, 0.3) is 0 Å². The molecule has 0 saturated heterocycles. The molecule has 11 heteroatoms. The van der Waals surface area contributed by atoms with E-state index < -0.39 is 47.9 Å². The molecule has 1 aromatic carbocycles. The number of hydrogen-bond donors (Lipinski definition) is 6. The minimum Gasteiger partial charge on any atom is -0.481 e. The predicted octanol–water partition coefficient (Wildman–Crippen LogP) is 2.66. The Morgan fingerprint density at radius 2 is 1.52 bits per heavy atom. The Morgan fingerprint density at radius 3 is 2.10 bits per heavy atom. The van der Waals surface area contributed by atoms with Crippen molar-refractivity contribution in [2.75, 3.05) is 0 Å². The van der Waals surface area contributed by atoms with Gasteiger partial charge in [-0.1, -0.05) is 77.8 Å². The van der Waals surface area contributed by atoms with Crippen LogP contribution in [0.1, 0.15) is 91.5 Å². The normalized spacial score (nSPS) is 14.6. The van der Waals surface area contributed by atoms with Crippen LogP contribution in [0, 0.1) is 11.8 Å². The van der Waals surface area contributed by atoms with Gasteiger partial charge >= 0.3 is 5.97 Å². The summed E-state index contributed by atoms with van der Waals surface area (Å²) in [5, 5.41) is 30.8. The molecule has 236 valence electrons. The lowest BCUT2D eigenvalue weighted by atomic mass is 9.95. The zero-order valence-corrected chi connectivity index (χ0v) is 25.7. The van der Waals surface area contributed by atoms with Gasteiger partial charge in [0, 0.05) is 19.4 Å². The standard InChI is InChI=1S/C31H50N4O7/c1-6-12-23(33-31(42)29(21(5)7-2)35-26(37)15-11-16-28(39)40)30(41)34-24(17-20(3)4)25(36)18-27(38)32-19-22-13-9-8-10-14-22/h8-10,13-14,20-21,23-25,29,36H,6-7,11-12,15-19H2,1-5H3,(H,32,38)(H,33,42)(H,34,41)(H,35,37)(H,39,40)/t21-,23-,24-,25-,29-/m0/s1. The van der Waals surface area contributed by atoms with E-state index in [2.05, 4.69) is 21.3 Å². The lowest BCUT2D eigenvalue weighted by Gasteiger charge is -2.29. The van der Waals surface area contributed by atoms with Gasteiger partial charge in [-0.05, 0) is 36.7 Å². The molecule has 0 radical (unpaired) electrons. The average Bonchev–Trinajstić information content (AvgIpc) is 2.93. The second kappa shape index (κ2) is 19.6. The smallest absolute Gasteiger partial charge is 0.303 e. The van der Waals surface area contributed by atoms with Crippen molar-refractivity contribution in [3.63, 3.8) is 0 Å². The first-order chi connectivity index (χ1) is 19.9. The third kappa shape index (κ3) is 14.4. The van der Waals surface area contributed by atoms with E-state index in [4.69, 9.17) is 5.11 Å². The zero-order chi connectivity index (χ0) is 31.7. The van der Waals surface area contributed by atoms with Crippen LogP contribution in [0.3, 0.4) is 0 Å². The number of rotatable bonds is 20. The van der Waals surface area contributed by atoms with Gasteiger partial charge in [-0.2, -0.15) is 0 Å². The summed E-state index contributed by atoms with van der Waals surface area (Å²) in [7, 11) is 0. The summed E-state index contributed by atoms with van der Waals surface area (Å²) in [6.45, 7) is 9.79. The van der Waals surface area contributed by atoms with E-state index in [0.29, 0.717) is 32.2 Å². The monoisotopic (exact) mass is 590 g/mol. The van der Waals surface area contributed by atoms with E-state index in [1.165, 1.54) is 0 Å². The molecule has 5 atom stereocenters. The first-order valence-electron chi connectivity index (χ1n) is 15.0. The second-order valence-corrected chi connectivity index (χ2v) is 11.3. The quantitative estimate of drug-likeness (QED) is 0.135. The van der Waals surface area contributed by atoms with Crippen LogP contribution < -0.4 is 21.3 Å². The van der Waals surface area contributed by atoms with Crippen LogP contribution in [-0.4, -0.2) is 64.0 Å². The van der Waals surface area contributed by atoms with Crippen molar-refractivity contribution in [3.8, 4) is 0 Å². The Morgan fingerprint density at radius 1 is 0.857 bits per heavy atom. The molecule has 0 saturated carbocycles. The van der Waals surface area contributed by atoms with E-state index in [9.17, 15) is 29.1 Å². The Balaban J connectivity index is 2.89. The highest BCUT2D eigenvalue weighted by atomic mass is 16.4. The third-order valence-electron chi connectivity index (χ3n) is 7.06. The fraction of sp³-hybridized carbons (Fsp3) is 0.645. The van der Waals surface area contributed by atoms with Crippen LogP contribution in [0.5, 0.6) is 0 Å². The topological polar surface area (TPSA) is 174 Å². The van der Waals surface area contributed by atoms with E-state index in [-0.39, 0.29) is 43.4 Å². The molecule has 0 aliphatic carbocycles. The van der Waals surface area contributed by atoms with E-state index in [1.54, 1.807) is 0 Å². The van der Waals surface area contributed by atoms with Gasteiger partial charge in [0.1, 0.15) is 12.1 Å². The highest BCUT2D eigenvalue weighted by molar-refractivity contribution is 5.92. The first kappa shape index (κ1) is 36.6. The molecular formula is C31H50N4O7. The summed E-state index contributed by atoms with van der Waals surface area (Å²) in [5.41, 5.74) is 0.928. The largest absolute Gasteiger partial charge is 0.481 e. The maximum atomic E-state index is 13.4. The first-order valence-corrected chi connectivity index (χ1v) is 15.0. The van der Waals surface area contributed by atoms with Crippen molar-refractivity contribution in [1.82, 2.24) is 21.3 Å². The van der Waals surface area contributed by atoms with Crippen molar-refractivity contribution in [3.05, 3.63) is 35.9 Å². The molecule has 1 rings (SSSR count). The van der Waals surface area contributed by atoms with Crippen LogP contribution in [0.4, 0.5) is 0 Å². The van der Waals surface area contributed by atoms with Gasteiger partial charge in [0.25, 0.3) is 0 Å². The van der Waals surface area contributed by atoms with E-state index in [0.717, 1.165) is 5.56 Å². The lowest BCUT2D eigenvalue weighted by molar-refractivity contribution is -0.137. The van der Waals surface area contributed by atoms with Crippen LogP contribution in [0.2, 0.25) is 0 Å². The van der Waals surface area contributed by atoms with Crippen molar-refractivity contribution in [2.45, 2.75) is 117 Å². The minimum absolute atomic E-state index is 0.0287. The van der Waals surface area contributed by atoms with Gasteiger partial charge in [-0.3, -0.25) is 24.0 Å². The second-order valence-electron chi connectivity index (χ2n) is 11.3. The van der Waals surface area contributed by atoms with E-state index >= 15 is 0 Å². The summed E-state index contributed by atoms with van der Waals surface area (Å²) in [6, 6.07) is 6.88. The molecule has 1 aromatic rings. The predicted molar refractivity (Wildman–Crippen MR) is 160 cm³/mol. The number of aliphatic carboxylic acids is 1. The van der Waals surface area contributed by atoms with Gasteiger partial charge < -0.3 is 31.5 Å². The molecule has 0 aliphatic rings. The fourth-order valence-corrected chi connectivity index (χ4v) is 4.47. The number of benzene rings is 1. The number of carboxylic acids is 1. The van der Waals surface area contributed by atoms with Crippen LogP contribution in [-0.2, 0) is 30.5 Å². The van der Waals surface area contributed by atoms with Gasteiger partial charge in [0.15, 0.2) is 0 Å². The number of carboxylic acid groups (broad SMARTS) is 1. The Kier molecular flexibility index (Phi) is 17.1. The molecule has 0 bridgehead atoms. The maximum absolute atomic E-state index is 13.4. The number of aliphatic hydroxyl groups is 1. The lowest BCUT2D eigenvalue weighted by Crippen LogP contribution is -2.57. The molecule has 0 aliphatic heterocycles. The molecule has 11 nitrogen and oxygen atoms in total. The molecule has 4 amide bonds. The number of nitrogens with one attached hydrogen (secondary N) is 4. The van der Waals surface area contributed by atoms with Crippen LogP contribution in [0.15, 0.2) is 30.3 Å². The van der Waals surface area contributed by atoms with Crippen molar-refractivity contribution < 1.29 is 34.2 Å². The number of carbonyl (C=O) groups excluding carboxylic acids is 4. The zero-order valence-electron chi connectivity index (χ0n) is 25.7. The summed E-state index contributed by atoms with van der Waals surface area (Å²) < 4.78 is 0. The van der Waals surface area contributed by atoms with Crippen molar-refractivity contribution >= 4 is 29.6 Å². The molecule has 0 unspecified atom stereocenters. The molecule has 0 fully saturated rings. The highest BCUT2D eigenvalue weighted by Crippen LogP contribution is 2.14. The van der Waals surface area contributed by atoms with Crippen molar-refractivity contribution in [1.29, 1.82) is 0 Å². The fourth-order valence-electron chi connectivity index (χ4n) is 4.47. The number of carbonyl (C=O) groups is 5. The van der Waals surface area contributed by atoms with Crippen LogP contribution >= 0.6 is 0 Å². The highest BCUT2D eigenvalue weighted by Gasteiger charge is 2.32. The Labute approximate surface area is 249 Å². The number of aliphatic hydroxyl groups excluding tert-OH is 1. The molecule has 0 heterocycles. The maximum Gasteiger partial charge on any atom is 0.303 e. The molecular weight excluding hydrogens is 540 g/mol. The summed E-state index contributed by atoms with van der Waals surface area (Å²) in [5.74, 6) is -2.88.